The summed E-state index contributed by atoms with van der Waals surface area (Å²) in [4.78, 5) is 14.3. The standard InChI is InChI=1S/C15H15N3O/c1-10-8-12-9-11(3-6-14(12)16-10)2-4-13-5-7-15(19)18-17-13/h2-4,6,8-9,16H,5,7H2,1H3,(H,18,19). The van der Waals surface area contributed by atoms with Gasteiger partial charge in [0.2, 0.25) is 5.91 Å². The lowest BCUT2D eigenvalue weighted by Gasteiger charge is -2.07. The number of fused-ring (bicyclic) bond motifs is 1. The van der Waals surface area contributed by atoms with Crippen LogP contribution in [0.4, 0.5) is 0 Å². The number of aryl methyl sites for hydroxylation is 1. The van der Waals surface area contributed by atoms with Crippen molar-refractivity contribution in [2.75, 3.05) is 0 Å². The van der Waals surface area contributed by atoms with Gasteiger partial charge in [0.25, 0.3) is 0 Å². The topological polar surface area (TPSA) is 57.2 Å². The molecule has 96 valence electrons. The number of hydrogen-bond acceptors (Lipinski definition) is 2. The SMILES string of the molecule is Cc1cc2cc(C=CC3=NNC(=O)CC3)ccc2[nH]1. The summed E-state index contributed by atoms with van der Waals surface area (Å²) < 4.78 is 0. The van der Waals surface area contributed by atoms with Gasteiger partial charge in [-0.2, -0.15) is 5.10 Å². The Morgan fingerprint density at radius 3 is 2.89 bits per heavy atom. The molecule has 0 aliphatic carbocycles. The minimum Gasteiger partial charge on any atom is -0.359 e. The van der Waals surface area contributed by atoms with Crippen molar-refractivity contribution >= 4 is 28.6 Å². The highest BCUT2D eigenvalue weighted by Gasteiger charge is 2.08. The minimum atomic E-state index is -0.0126. The lowest BCUT2D eigenvalue weighted by molar-refractivity contribution is -0.121. The number of carbonyl (C=O) groups excluding carboxylic acids is 1. The van der Waals surface area contributed by atoms with E-state index in [1.807, 2.05) is 12.2 Å². The highest BCUT2D eigenvalue weighted by atomic mass is 16.2. The van der Waals surface area contributed by atoms with Crippen molar-refractivity contribution in [1.82, 2.24) is 10.4 Å². The Hall–Kier alpha value is -2.36. The summed E-state index contributed by atoms with van der Waals surface area (Å²) in [5, 5.41) is 5.22. The van der Waals surface area contributed by atoms with E-state index in [0.29, 0.717) is 12.8 Å². The number of allylic oxidation sites excluding steroid dienone is 1. The molecule has 0 saturated carbocycles. The second-order valence-corrected chi connectivity index (χ2v) is 4.77. The van der Waals surface area contributed by atoms with E-state index >= 15 is 0 Å². The molecule has 4 nitrogen and oxygen atoms in total. The average Bonchev–Trinajstić information content (AvgIpc) is 2.77. The molecule has 0 bridgehead atoms. The Morgan fingerprint density at radius 1 is 1.21 bits per heavy atom. The third-order valence-corrected chi connectivity index (χ3v) is 3.18. The second kappa shape index (κ2) is 4.72. The lowest BCUT2D eigenvalue weighted by Crippen LogP contribution is -2.24. The first-order chi connectivity index (χ1) is 9.20. The number of aromatic amines is 1. The Labute approximate surface area is 111 Å². The smallest absolute Gasteiger partial charge is 0.240 e. The zero-order valence-electron chi connectivity index (χ0n) is 10.7. The molecule has 0 fully saturated rings. The third kappa shape index (κ3) is 2.57. The summed E-state index contributed by atoms with van der Waals surface area (Å²) in [5.74, 6) is -0.0126. The van der Waals surface area contributed by atoms with Gasteiger partial charge in [-0.15, -0.1) is 0 Å². The molecule has 0 unspecified atom stereocenters. The van der Waals surface area contributed by atoms with Gasteiger partial charge < -0.3 is 4.98 Å². The number of carbonyl (C=O) groups is 1. The van der Waals surface area contributed by atoms with Crippen LogP contribution in [0.3, 0.4) is 0 Å². The molecule has 1 aliphatic rings. The average molecular weight is 253 g/mol. The van der Waals surface area contributed by atoms with Crippen molar-refractivity contribution in [3.63, 3.8) is 0 Å². The predicted molar refractivity (Wildman–Crippen MR) is 76.9 cm³/mol. The number of rotatable bonds is 2. The van der Waals surface area contributed by atoms with Gasteiger partial charge in [-0.1, -0.05) is 12.1 Å². The molecule has 0 radical (unpaired) electrons. The summed E-state index contributed by atoms with van der Waals surface area (Å²) in [5.41, 5.74) is 6.84. The third-order valence-electron chi connectivity index (χ3n) is 3.18. The van der Waals surface area contributed by atoms with Crippen molar-refractivity contribution in [2.45, 2.75) is 19.8 Å². The molecular formula is C15H15N3O. The highest BCUT2D eigenvalue weighted by Crippen LogP contribution is 2.17. The Balaban J connectivity index is 1.82. The van der Waals surface area contributed by atoms with Crippen LogP contribution in [0, 0.1) is 6.92 Å². The van der Waals surface area contributed by atoms with Crippen LogP contribution < -0.4 is 5.43 Å². The summed E-state index contributed by atoms with van der Waals surface area (Å²) in [6.07, 6.45) is 5.20. The maximum atomic E-state index is 11.0. The van der Waals surface area contributed by atoms with Gasteiger partial charge >= 0.3 is 0 Å². The van der Waals surface area contributed by atoms with Crippen LogP contribution in [-0.2, 0) is 4.79 Å². The van der Waals surface area contributed by atoms with Crippen LogP contribution >= 0.6 is 0 Å². The normalized spacial score (nSPS) is 15.8. The zero-order chi connectivity index (χ0) is 13.2. The Morgan fingerprint density at radius 2 is 2.11 bits per heavy atom. The molecular weight excluding hydrogens is 238 g/mol. The van der Waals surface area contributed by atoms with Crippen molar-refractivity contribution in [3.8, 4) is 0 Å². The van der Waals surface area contributed by atoms with E-state index in [0.717, 1.165) is 22.5 Å². The van der Waals surface area contributed by atoms with Gasteiger partial charge in [0.15, 0.2) is 0 Å². The highest BCUT2D eigenvalue weighted by molar-refractivity contribution is 6.02. The molecule has 0 atom stereocenters. The molecule has 0 spiro atoms. The molecule has 2 aromatic rings. The fourth-order valence-electron chi connectivity index (χ4n) is 2.20. The summed E-state index contributed by atoms with van der Waals surface area (Å²) >= 11 is 0. The predicted octanol–water partition coefficient (Wildman–Crippen LogP) is 2.76. The first kappa shape index (κ1) is 11.7. The summed E-state index contributed by atoms with van der Waals surface area (Å²) in [6.45, 7) is 2.05. The first-order valence-corrected chi connectivity index (χ1v) is 6.33. The first-order valence-electron chi connectivity index (χ1n) is 6.33. The number of amides is 1. The Kier molecular flexibility index (Phi) is 2.91. The minimum absolute atomic E-state index is 0.0126. The van der Waals surface area contributed by atoms with Gasteiger partial charge in [0.05, 0.1) is 5.71 Å². The monoisotopic (exact) mass is 253 g/mol. The molecule has 1 aliphatic heterocycles. The molecule has 4 heteroatoms. The molecule has 2 N–H and O–H groups in total. The van der Waals surface area contributed by atoms with Crippen molar-refractivity contribution in [3.05, 3.63) is 41.6 Å². The van der Waals surface area contributed by atoms with Crippen LogP contribution in [0.1, 0.15) is 24.1 Å². The molecule has 3 rings (SSSR count). The number of aromatic nitrogens is 1. The van der Waals surface area contributed by atoms with E-state index in [2.05, 4.69) is 46.7 Å². The van der Waals surface area contributed by atoms with E-state index in [4.69, 9.17) is 0 Å². The molecule has 0 saturated heterocycles. The largest absolute Gasteiger partial charge is 0.359 e. The summed E-state index contributed by atoms with van der Waals surface area (Å²) in [6, 6.07) is 8.41. The molecule has 19 heavy (non-hydrogen) atoms. The maximum Gasteiger partial charge on any atom is 0.240 e. The van der Waals surface area contributed by atoms with E-state index in [9.17, 15) is 4.79 Å². The molecule has 1 aromatic heterocycles. The number of hydrazone groups is 1. The van der Waals surface area contributed by atoms with Crippen molar-refractivity contribution in [1.29, 1.82) is 0 Å². The van der Waals surface area contributed by atoms with Crippen LogP contribution in [0.5, 0.6) is 0 Å². The van der Waals surface area contributed by atoms with Crippen LogP contribution in [0.2, 0.25) is 0 Å². The van der Waals surface area contributed by atoms with E-state index in [1.165, 1.54) is 5.39 Å². The number of benzene rings is 1. The Bertz CT molecular complexity index is 694. The van der Waals surface area contributed by atoms with Crippen LogP contribution in [-0.4, -0.2) is 16.6 Å². The number of H-pyrrole nitrogens is 1. The van der Waals surface area contributed by atoms with Crippen molar-refractivity contribution in [2.24, 2.45) is 5.10 Å². The molecule has 1 aromatic carbocycles. The van der Waals surface area contributed by atoms with Gasteiger partial charge in [-0.25, -0.2) is 5.43 Å². The summed E-state index contributed by atoms with van der Waals surface area (Å²) in [7, 11) is 0. The number of nitrogens with zero attached hydrogens (tertiary/aromatic N) is 1. The maximum absolute atomic E-state index is 11.0. The second-order valence-electron chi connectivity index (χ2n) is 4.77. The van der Waals surface area contributed by atoms with E-state index < -0.39 is 0 Å². The quantitative estimate of drug-likeness (QED) is 0.849. The van der Waals surface area contributed by atoms with E-state index in [-0.39, 0.29) is 5.91 Å². The lowest BCUT2D eigenvalue weighted by atomic mass is 10.1. The van der Waals surface area contributed by atoms with Gasteiger partial charge in [-0.3, -0.25) is 4.79 Å². The number of nitrogens with one attached hydrogen (secondary N) is 2. The van der Waals surface area contributed by atoms with Gasteiger partial charge in [-0.05, 0) is 36.8 Å². The molecule has 2 heterocycles. The van der Waals surface area contributed by atoms with Gasteiger partial charge in [0, 0.05) is 29.4 Å². The zero-order valence-corrected chi connectivity index (χ0v) is 10.7. The van der Waals surface area contributed by atoms with Gasteiger partial charge in [0.1, 0.15) is 0 Å². The van der Waals surface area contributed by atoms with E-state index in [1.54, 1.807) is 0 Å². The van der Waals surface area contributed by atoms with Crippen LogP contribution in [0.15, 0.2) is 35.4 Å². The fraction of sp³-hybridized carbons (Fsp3) is 0.200. The van der Waals surface area contributed by atoms with Crippen LogP contribution in [0.25, 0.3) is 17.0 Å². The fourth-order valence-corrected chi connectivity index (χ4v) is 2.20. The molecule has 1 amide bonds. The number of hydrogen-bond donors (Lipinski definition) is 2. The van der Waals surface area contributed by atoms with Crippen molar-refractivity contribution < 1.29 is 4.79 Å².